The van der Waals surface area contributed by atoms with Crippen LogP contribution in [-0.2, 0) is 19.1 Å². The zero-order valence-electron chi connectivity index (χ0n) is 19.1. The maximum atomic E-state index is 12.1. The molecule has 2 amide bonds. The number of carbonyl (C=O) groups is 3. The molecule has 1 atom stereocenters. The first-order chi connectivity index (χ1) is 15.7. The molecule has 8 heteroatoms. The number of carboxylic acids is 1. The molecule has 2 aromatic rings. The normalized spacial score (nSPS) is 13.5. The van der Waals surface area contributed by atoms with Crippen LogP contribution < -0.4 is 10.6 Å². The van der Waals surface area contributed by atoms with Gasteiger partial charge in [-0.15, -0.1) is 0 Å². The molecule has 0 unspecified atom stereocenters. The average Bonchev–Trinajstić information content (AvgIpc) is 3.08. The van der Waals surface area contributed by atoms with Crippen LogP contribution in [0.2, 0.25) is 0 Å². The van der Waals surface area contributed by atoms with Gasteiger partial charge in [0.2, 0.25) is 5.91 Å². The van der Waals surface area contributed by atoms with Gasteiger partial charge >= 0.3 is 12.1 Å². The largest absolute Gasteiger partial charge is 0.480 e. The fourth-order valence-corrected chi connectivity index (χ4v) is 3.89. The molecule has 0 radical (unpaired) electrons. The van der Waals surface area contributed by atoms with E-state index in [0.717, 1.165) is 22.3 Å². The lowest BCUT2D eigenvalue weighted by atomic mass is 9.87. The van der Waals surface area contributed by atoms with Crippen molar-refractivity contribution in [1.29, 1.82) is 0 Å². The van der Waals surface area contributed by atoms with Gasteiger partial charge in [0.25, 0.3) is 0 Å². The number of hydrogen-bond acceptors (Lipinski definition) is 5. The minimum Gasteiger partial charge on any atom is -0.480 e. The summed E-state index contributed by atoms with van der Waals surface area (Å²) in [5, 5.41) is 14.3. The fraction of sp³-hybridized carbons (Fsp3) is 0.400. The Morgan fingerprint density at radius 3 is 2.12 bits per heavy atom. The zero-order chi connectivity index (χ0) is 24.0. The first-order valence-corrected chi connectivity index (χ1v) is 10.9. The number of hydrogen-bond donors (Lipinski definition) is 3. The second-order valence-corrected chi connectivity index (χ2v) is 9.01. The quantitative estimate of drug-likeness (QED) is 0.502. The first-order valence-electron chi connectivity index (χ1n) is 10.9. The van der Waals surface area contributed by atoms with Crippen LogP contribution in [0.4, 0.5) is 4.79 Å². The molecule has 0 bridgehead atoms. The van der Waals surface area contributed by atoms with E-state index in [9.17, 15) is 19.5 Å². The van der Waals surface area contributed by atoms with Crippen LogP contribution in [0.25, 0.3) is 11.1 Å². The Bertz CT molecular complexity index is 968. The molecule has 0 aliphatic heterocycles. The van der Waals surface area contributed by atoms with Crippen molar-refractivity contribution in [3.8, 4) is 11.1 Å². The Morgan fingerprint density at radius 2 is 1.58 bits per heavy atom. The van der Waals surface area contributed by atoms with Crippen LogP contribution in [0.5, 0.6) is 0 Å². The van der Waals surface area contributed by atoms with Gasteiger partial charge < -0.3 is 25.2 Å². The topological polar surface area (TPSA) is 114 Å². The molecule has 0 aromatic heterocycles. The minimum absolute atomic E-state index is 0.0203. The Morgan fingerprint density at radius 1 is 1.00 bits per heavy atom. The second kappa shape index (κ2) is 10.5. The van der Waals surface area contributed by atoms with E-state index in [4.69, 9.17) is 9.47 Å². The smallest absolute Gasteiger partial charge is 0.407 e. The number of amides is 2. The van der Waals surface area contributed by atoms with Crippen LogP contribution in [-0.4, -0.2) is 55.5 Å². The molecule has 0 heterocycles. The summed E-state index contributed by atoms with van der Waals surface area (Å²) < 4.78 is 10.7. The Hall–Kier alpha value is -3.39. The van der Waals surface area contributed by atoms with Crippen molar-refractivity contribution < 1.29 is 29.0 Å². The third-order valence-electron chi connectivity index (χ3n) is 5.51. The SMILES string of the molecule is CC(C)(C)[C@H](NC(=O)COCCNC(=O)OCC1c2ccccc2-c2ccccc21)C(=O)O. The highest BCUT2D eigenvalue weighted by atomic mass is 16.5. The summed E-state index contributed by atoms with van der Waals surface area (Å²) in [5.74, 6) is -1.65. The maximum Gasteiger partial charge on any atom is 0.407 e. The van der Waals surface area contributed by atoms with Crippen LogP contribution in [0.1, 0.15) is 37.8 Å². The number of rotatable bonds is 9. The number of nitrogens with one attached hydrogen (secondary N) is 2. The van der Waals surface area contributed by atoms with Gasteiger partial charge in [0.1, 0.15) is 19.3 Å². The lowest BCUT2D eigenvalue weighted by Crippen LogP contribution is -2.50. The molecule has 0 saturated heterocycles. The Labute approximate surface area is 193 Å². The van der Waals surface area contributed by atoms with E-state index in [1.807, 2.05) is 24.3 Å². The third-order valence-corrected chi connectivity index (χ3v) is 5.51. The molecule has 3 rings (SSSR count). The van der Waals surface area contributed by atoms with Crippen molar-refractivity contribution in [2.45, 2.75) is 32.7 Å². The maximum absolute atomic E-state index is 12.1. The van der Waals surface area contributed by atoms with Crippen molar-refractivity contribution >= 4 is 18.0 Å². The average molecular weight is 455 g/mol. The molecule has 1 aliphatic carbocycles. The van der Waals surface area contributed by atoms with Crippen LogP contribution in [0.15, 0.2) is 48.5 Å². The van der Waals surface area contributed by atoms with Gasteiger partial charge in [0.15, 0.2) is 0 Å². The van der Waals surface area contributed by atoms with Crippen molar-refractivity contribution in [2.24, 2.45) is 5.41 Å². The van der Waals surface area contributed by atoms with E-state index >= 15 is 0 Å². The van der Waals surface area contributed by atoms with E-state index in [1.54, 1.807) is 20.8 Å². The van der Waals surface area contributed by atoms with Crippen LogP contribution in [0, 0.1) is 5.41 Å². The summed E-state index contributed by atoms with van der Waals surface area (Å²) in [7, 11) is 0. The molecule has 3 N–H and O–H groups in total. The van der Waals surface area contributed by atoms with Crippen LogP contribution >= 0.6 is 0 Å². The molecule has 0 saturated carbocycles. The highest BCUT2D eigenvalue weighted by Gasteiger charge is 2.32. The minimum atomic E-state index is -1.10. The van der Waals surface area contributed by atoms with Gasteiger partial charge in [-0.05, 0) is 27.7 Å². The van der Waals surface area contributed by atoms with Gasteiger partial charge in [0, 0.05) is 12.5 Å². The monoisotopic (exact) mass is 454 g/mol. The van der Waals surface area contributed by atoms with Crippen molar-refractivity contribution in [2.75, 3.05) is 26.4 Å². The lowest BCUT2D eigenvalue weighted by molar-refractivity contribution is -0.145. The third kappa shape index (κ3) is 6.10. The summed E-state index contributed by atoms with van der Waals surface area (Å²) in [6, 6.07) is 15.2. The Balaban J connectivity index is 1.39. The number of benzene rings is 2. The van der Waals surface area contributed by atoms with E-state index in [2.05, 4.69) is 34.9 Å². The summed E-state index contributed by atoms with van der Waals surface area (Å²) in [6.45, 7) is 5.34. The zero-order valence-corrected chi connectivity index (χ0v) is 19.1. The Kier molecular flexibility index (Phi) is 7.71. The highest BCUT2D eigenvalue weighted by Crippen LogP contribution is 2.44. The summed E-state index contributed by atoms with van der Waals surface area (Å²) in [5.41, 5.74) is 3.95. The van der Waals surface area contributed by atoms with Crippen molar-refractivity contribution in [1.82, 2.24) is 10.6 Å². The molecule has 2 aromatic carbocycles. The lowest BCUT2D eigenvalue weighted by Gasteiger charge is -2.27. The number of carbonyl (C=O) groups excluding carboxylic acids is 2. The first kappa shape index (κ1) is 24.3. The molecule has 176 valence electrons. The van der Waals surface area contributed by atoms with Crippen molar-refractivity contribution in [3.63, 3.8) is 0 Å². The standard InChI is InChI=1S/C25H30N2O6/c1-25(2,3)22(23(29)30)27-21(28)15-32-13-12-26-24(31)33-14-20-18-10-6-4-8-16(18)17-9-5-7-11-19(17)20/h4-11,20,22H,12-15H2,1-3H3,(H,26,31)(H,27,28)(H,29,30)/t22-/m1/s1. The highest BCUT2D eigenvalue weighted by molar-refractivity contribution is 5.84. The van der Waals surface area contributed by atoms with Crippen molar-refractivity contribution in [3.05, 3.63) is 59.7 Å². The molecule has 0 fully saturated rings. The number of carboxylic acid groups (broad SMARTS) is 1. The predicted molar refractivity (Wildman–Crippen MR) is 123 cm³/mol. The van der Waals surface area contributed by atoms with Gasteiger partial charge in [-0.25, -0.2) is 9.59 Å². The number of aliphatic carboxylic acids is 1. The van der Waals surface area contributed by atoms with Gasteiger partial charge in [-0.2, -0.15) is 0 Å². The molecule has 8 nitrogen and oxygen atoms in total. The van der Waals surface area contributed by atoms with Gasteiger partial charge in [-0.3, -0.25) is 4.79 Å². The van der Waals surface area contributed by atoms with E-state index in [-0.39, 0.29) is 32.3 Å². The van der Waals surface area contributed by atoms with Gasteiger partial charge in [0.05, 0.1) is 6.61 Å². The molecular formula is C25H30N2O6. The fourth-order valence-electron chi connectivity index (χ4n) is 3.89. The van der Waals surface area contributed by atoms with Crippen LogP contribution in [0.3, 0.4) is 0 Å². The molecule has 33 heavy (non-hydrogen) atoms. The second-order valence-electron chi connectivity index (χ2n) is 9.01. The number of fused-ring (bicyclic) bond motifs is 3. The molecule has 0 spiro atoms. The van der Waals surface area contributed by atoms with Gasteiger partial charge in [-0.1, -0.05) is 69.3 Å². The predicted octanol–water partition coefficient (Wildman–Crippen LogP) is 3.16. The van der Waals surface area contributed by atoms with E-state index in [1.165, 1.54) is 0 Å². The summed E-state index contributed by atoms with van der Waals surface area (Å²) in [6.07, 6.45) is -0.566. The van der Waals surface area contributed by atoms with E-state index in [0.29, 0.717) is 0 Å². The molecule has 1 aliphatic rings. The number of ether oxygens (including phenoxy) is 2. The summed E-state index contributed by atoms with van der Waals surface area (Å²) in [4.78, 5) is 35.4. The number of alkyl carbamates (subject to hydrolysis) is 1. The molecular weight excluding hydrogens is 424 g/mol. The summed E-state index contributed by atoms with van der Waals surface area (Å²) >= 11 is 0. The van der Waals surface area contributed by atoms with E-state index < -0.39 is 29.4 Å².